The standard InChI is InChI=1S/C14H16O3/c1-16-13-9-12(17-14(15)10-13)8-7-11-5-3-2-4-6-11/h3,5-8,10,12H,2,4,9H2,1H3. The molecule has 1 unspecified atom stereocenters. The van der Waals surface area contributed by atoms with Gasteiger partial charge in [0.2, 0.25) is 0 Å². The van der Waals surface area contributed by atoms with Crippen LogP contribution in [0.25, 0.3) is 0 Å². The van der Waals surface area contributed by atoms with E-state index in [1.165, 1.54) is 11.6 Å². The molecule has 0 N–H and O–H groups in total. The molecule has 0 saturated heterocycles. The van der Waals surface area contributed by atoms with Crippen LogP contribution in [0.1, 0.15) is 19.3 Å². The lowest BCUT2D eigenvalue weighted by atomic mass is 10.1. The highest BCUT2D eigenvalue weighted by molar-refractivity contribution is 5.83. The maximum Gasteiger partial charge on any atom is 0.334 e. The minimum atomic E-state index is -0.337. The van der Waals surface area contributed by atoms with Gasteiger partial charge in [-0.15, -0.1) is 0 Å². The van der Waals surface area contributed by atoms with Gasteiger partial charge in [0.1, 0.15) is 11.9 Å². The van der Waals surface area contributed by atoms with E-state index in [1.54, 1.807) is 7.11 Å². The molecule has 3 nitrogen and oxygen atoms in total. The molecule has 0 amide bonds. The van der Waals surface area contributed by atoms with Crippen LogP contribution in [0.3, 0.4) is 0 Å². The van der Waals surface area contributed by atoms with E-state index in [1.807, 2.05) is 12.2 Å². The van der Waals surface area contributed by atoms with Gasteiger partial charge in [-0.1, -0.05) is 24.3 Å². The fourth-order valence-corrected chi connectivity index (χ4v) is 1.84. The van der Waals surface area contributed by atoms with E-state index in [0.29, 0.717) is 12.2 Å². The normalized spacial score (nSPS) is 24.3. The van der Waals surface area contributed by atoms with Gasteiger partial charge in [0.25, 0.3) is 0 Å². The van der Waals surface area contributed by atoms with Crippen molar-refractivity contribution in [1.82, 2.24) is 0 Å². The van der Waals surface area contributed by atoms with Crippen molar-refractivity contribution < 1.29 is 14.3 Å². The molecule has 2 rings (SSSR count). The predicted octanol–water partition coefficient (Wildman–Crippen LogP) is 2.66. The molecule has 90 valence electrons. The Morgan fingerprint density at radius 3 is 3.06 bits per heavy atom. The van der Waals surface area contributed by atoms with Crippen molar-refractivity contribution in [2.24, 2.45) is 0 Å². The second kappa shape index (κ2) is 5.53. The van der Waals surface area contributed by atoms with Gasteiger partial charge in [-0.3, -0.25) is 0 Å². The highest BCUT2D eigenvalue weighted by Crippen LogP contribution is 2.18. The molecule has 0 radical (unpaired) electrons. The molecular formula is C14H16O3. The number of methoxy groups -OCH3 is 1. The fourth-order valence-electron chi connectivity index (χ4n) is 1.84. The Morgan fingerprint density at radius 2 is 2.35 bits per heavy atom. The third-order valence-corrected chi connectivity index (χ3v) is 2.74. The molecular weight excluding hydrogens is 216 g/mol. The average molecular weight is 232 g/mol. The first-order valence-electron chi connectivity index (χ1n) is 5.78. The van der Waals surface area contributed by atoms with Gasteiger partial charge in [-0.25, -0.2) is 4.79 Å². The number of rotatable bonds is 3. The summed E-state index contributed by atoms with van der Waals surface area (Å²) in [7, 11) is 1.57. The number of cyclic esters (lactones) is 1. The van der Waals surface area contributed by atoms with Crippen molar-refractivity contribution in [3.63, 3.8) is 0 Å². The summed E-state index contributed by atoms with van der Waals surface area (Å²) in [5, 5.41) is 0. The topological polar surface area (TPSA) is 35.5 Å². The van der Waals surface area contributed by atoms with E-state index in [-0.39, 0.29) is 12.1 Å². The van der Waals surface area contributed by atoms with Crippen LogP contribution >= 0.6 is 0 Å². The van der Waals surface area contributed by atoms with Crippen LogP contribution in [0, 0.1) is 0 Å². The molecule has 0 saturated carbocycles. The van der Waals surface area contributed by atoms with Gasteiger partial charge in [-0.05, 0) is 24.5 Å². The number of hydrogen-bond donors (Lipinski definition) is 0. The van der Waals surface area contributed by atoms with E-state index in [9.17, 15) is 4.79 Å². The van der Waals surface area contributed by atoms with E-state index < -0.39 is 0 Å². The Morgan fingerprint density at radius 1 is 1.47 bits per heavy atom. The van der Waals surface area contributed by atoms with Crippen LogP contribution in [0.15, 0.2) is 47.8 Å². The predicted molar refractivity (Wildman–Crippen MR) is 65.2 cm³/mol. The molecule has 0 spiro atoms. The molecule has 0 aromatic rings. The highest BCUT2D eigenvalue weighted by Gasteiger charge is 2.19. The first-order chi connectivity index (χ1) is 8.28. The van der Waals surface area contributed by atoms with Crippen LogP contribution in [0.4, 0.5) is 0 Å². The summed E-state index contributed by atoms with van der Waals surface area (Å²) in [6.07, 6.45) is 14.3. The smallest absolute Gasteiger partial charge is 0.334 e. The molecule has 3 heteroatoms. The zero-order valence-corrected chi connectivity index (χ0v) is 9.89. The molecule has 0 fully saturated rings. The Hall–Kier alpha value is -1.77. The summed E-state index contributed by atoms with van der Waals surface area (Å²) in [4.78, 5) is 11.3. The van der Waals surface area contributed by atoms with Crippen molar-refractivity contribution in [3.05, 3.63) is 47.8 Å². The number of esters is 1. The lowest BCUT2D eigenvalue weighted by molar-refractivity contribution is -0.142. The summed E-state index contributed by atoms with van der Waals surface area (Å²) in [6.45, 7) is 0. The molecule has 1 heterocycles. The van der Waals surface area contributed by atoms with E-state index in [2.05, 4.69) is 18.2 Å². The number of carbonyl (C=O) groups is 1. The number of hydrogen-bond acceptors (Lipinski definition) is 3. The van der Waals surface area contributed by atoms with Gasteiger partial charge in [0.05, 0.1) is 13.2 Å². The molecule has 0 aromatic heterocycles. The second-order valence-electron chi connectivity index (χ2n) is 4.04. The van der Waals surface area contributed by atoms with Crippen molar-refractivity contribution in [2.45, 2.75) is 25.4 Å². The number of allylic oxidation sites excluding steroid dienone is 5. The summed E-state index contributed by atoms with van der Waals surface area (Å²) < 4.78 is 10.3. The lowest BCUT2D eigenvalue weighted by Crippen LogP contribution is -2.21. The molecule has 17 heavy (non-hydrogen) atoms. The third kappa shape index (κ3) is 3.34. The minimum Gasteiger partial charge on any atom is -0.501 e. The summed E-state index contributed by atoms with van der Waals surface area (Å²) in [6, 6.07) is 0. The molecule has 2 aliphatic rings. The molecule has 1 aliphatic heterocycles. The third-order valence-electron chi connectivity index (χ3n) is 2.74. The first-order valence-corrected chi connectivity index (χ1v) is 5.78. The quantitative estimate of drug-likeness (QED) is 0.702. The maximum atomic E-state index is 11.3. The second-order valence-corrected chi connectivity index (χ2v) is 4.04. The Kier molecular flexibility index (Phi) is 3.81. The van der Waals surface area contributed by atoms with Gasteiger partial charge in [0.15, 0.2) is 0 Å². The van der Waals surface area contributed by atoms with E-state index >= 15 is 0 Å². The zero-order chi connectivity index (χ0) is 12.1. The van der Waals surface area contributed by atoms with Crippen LogP contribution < -0.4 is 0 Å². The summed E-state index contributed by atoms with van der Waals surface area (Å²) in [5.74, 6) is 0.333. The summed E-state index contributed by atoms with van der Waals surface area (Å²) >= 11 is 0. The highest BCUT2D eigenvalue weighted by atomic mass is 16.5. The zero-order valence-electron chi connectivity index (χ0n) is 9.89. The molecule has 0 aromatic carbocycles. The monoisotopic (exact) mass is 232 g/mol. The average Bonchev–Trinajstić information content (AvgIpc) is 2.37. The van der Waals surface area contributed by atoms with Gasteiger partial charge >= 0.3 is 5.97 Å². The fraction of sp³-hybridized carbons (Fsp3) is 0.357. The lowest BCUT2D eigenvalue weighted by Gasteiger charge is -2.19. The van der Waals surface area contributed by atoms with Crippen molar-refractivity contribution >= 4 is 5.97 Å². The van der Waals surface area contributed by atoms with Crippen LogP contribution in [0.5, 0.6) is 0 Å². The van der Waals surface area contributed by atoms with Gasteiger partial charge in [-0.2, -0.15) is 0 Å². The number of carbonyl (C=O) groups excluding carboxylic acids is 1. The van der Waals surface area contributed by atoms with Crippen LogP contribution in [-0.2, 0) is 14.3 Å². The van der Waals surface area contributed by atoms with Crippen molar-refractivity contribution in [3.8, 4) is 0 Å². The Balaban J connectivity index is 1.98. The largest absolute Gasteiger partial charge is 0.501 e. The molecule has 1 atom stereocenters. The van der Waals surface area contributed by atoms with E-state index in [0.717, 1.165) is 12.8 Å². The summed E-state index contributed by atoms with van der Waals surface area (Å²) in [5.41, 5.74) is 1.17. The van der Waals surface area contributed by atoms with Crippen LogP contribution in [-0.4, -0.2) is 19.2 Å². The number of ether oxygens (including phenoxy) is 2. The minimum absolute atomic E-state index is 0.223. The SMILES string of the molecule is COC1=CC(=O)OC(C=CC2=CCCC=C2)C1. The van der Waals surface area contributed by atoms with Crippen molar-refractivity contribution in [2.75, 3.05) is 7.11 Å². The Labute approximate surface area is 101 Å². The molecule has 1 aliphatic carbocycles. The maximum absolute atomic E-state index is 11.3. The molecule has 0 bridgehead atoms. The van der Waals surface area contributed by atoms with E-state index in [4.69, 9.17) is 9.47 Å². The van der Waals surface area contributed by atoms with Crippen LogP contribution in [0.2, 0.25) is 0 Å². The van der Waals surface area contributed by atoms with Gasteiger partial charge < -0.3 is 9.47 Å². The van der Waals surface area contributed by atoms with Gasteiger partial charge in [0, 0.05) is 6.42 Å². The Bertz CT molecular complexity index is 413. The van der Waals surface area contributed by atoms with Crippen molar-refractivity contribution in [1.29, 1.82) is 0 Å². The first kappa shape index (κ1) is 11.7.